The number of aromatic nitrogens is 2. The second-order valence-corrected chi connectivity index (χ2v) is 2.80. The quantitative estimate of drug-likeness (QED) is 0.603. The number of rotatable bonds is 1. The fraction of sp³-hybridized carbons (Fsp3) is 0.714. The molecule has 4 heteroatoms. The SMILES string of the molecule is Cc1nnc(N2CCCC2)o1. The van der Waals surface area contributed by atoms with Gasteiger partial charge in [-0.05, 0) is 12.8 Å². The highest BCUT2D eigenvalue weighted by atomic mass is 16.4. The van der Waals surface area contributed by atoms with Crippen molar-refractivity contribution in [3.05, 3.63) is 5.89 Å². The molecule has 0 spiro atoms. The molecule has 2 heterocycles. The molecule has 60 valence electrons. The predicted molar refractivity (Wildman–Crippen MR) is 40.5 cm³/mol. The third-order valence-corrected chi connectivity index (χ3v) is 1.89. The third-order valence-electron chi connectivity index (χ3n) is 1.89. The topological polar surface area (TPSA) is 42.2 Å². The Hall–Kier alpha value is -1.06. The lowest BCUT2D eigenvalue weighted by atomic mass is 10.4. The first-order valence-electron chi connectivity index (χ1n) is 3.91. The first-order chi connectivity index (χ1) is 5.36. The van der Waals surface area contributed by atoms with E-state index in [1.165, 1.54) is 12.8 Å². The molecular weight excluding hydrogens is 142 g/mol. The van der Waals surface area contributed by atoms with E-state index in [4.69, 9.17) is 4.42 Å². The van der Waals surface area contributed by atoms with Crippen molar-refractivity contribution < 1.29 is 4.42 Å². The van der Waals surface area contributed by atoms with Crippen LogP contribution in [0.4, 0.5) is 6.01 Å². The Morgan fingerprint density at radius 2 is 2.00 bits per heavy atom. The Labute approximate surface area is 65.2 Å². The van der Waals surface area contributed by atoms with Gasteiger partial charge < -0.3 is 9.32 Å². The number of hydrogen-bond acceptors (Lipinski definition) is 4. The van der Waals surface area contributed by atoms with E-state index in [1.54, 1.807) is 0 Å². The van der Waals surface area contributed by atoms with Crippen molar-refractivity contribution in [1.29, 1.82) is 0 Å². The molecule has 11 heavy (non-hydrogen) atoms. The van der Waals surface area contributed by atoms with Crippen molar-refractivity contribution in [2.45, 2.75) is 19.8 Å². The van der Waals surface area contributed by atoms with Gasteiger partial charge in [-0.15, -0.1) is 5.10 Å². The molecule has 1 aliphatic heterocycles. The number of anilines is 1. The Morgan fingerprint density at radius 3 is 2.55 bits per heavy atom. The zero-order valence-corrected chi connectivity index (χ0v) is 6.58. The van der Waals surface area contributed by atoms with Crippen LogP contribution in [0.2, 0.25) is 0 Å². The van der Waals surface area contributed by atoms with Gasteiger partial charge in [-0.2, -0.15) is 0 Å². The lowest BCUT2D eigenvalue weighted by Crippen LogP contribution is -2.17. The molecule has 0 amide bonds. The summed E-state index contributed by atoms with van der Waals surface area (Å²) in [4.78, 5) is 2.12. The fourth-order valence-corrected chi connectivity index (χ4v) is 1.32. The summed E-state index contributed by atoms with van der Waals surface area (Å²) < 4.78 is 5.27. The van der Waals surface area contributed by atoms with Gasteiger partial charge >= 0.3 is 6.01 Å². The van der Waals surface area contributed by atoms with Crippen molar-refractivity contribution >= 4 is 6.01 Å². The zero-order valence-electron chi connectivity index (χ0n) is 6.58. The molecule has 4 nitrogen and oxygen atoms in total. The Balaban J connectivity index is 2.15. The van der Waals surface area contributed by atoms with Crippen molar-refractivity contribution in [3.8, 4) is 0 Å². The van der Waals surface area contributed by atoms with Crippen LogP contribution in [-0.4, -0.2) is 23.3 Å². The first-order valence-corrected chi connectivity index (χ1v) is 3.91. The molecule has 0 atom stereocenters. The van der Waals surface area contributed by atoms with Gasteiger partial charge in [0.2, 0.25) is 5.89 Å². The largest absolute Gasteiger partial charge is 0.408 e. The molecule has 1 fully saturated rings. The van der Waals surface area contributed by atoms with Crippen molar-refractivity contribution in [2.24, 2.45) is 0 Å². The average Bonchev–Trinajstić information content (AvgIpc) is 2.55. The Morgan fingerprint density at radius 1 is 1.27 bits per heavy atom. The third kappa shape index (κ3) is 1.20. The summed E-state index contributed by atoms with van der Waals surface area (Å²) in [5.74, 6) is 0.645. The van der Waals surface area contributed by atoms with E-state index >= 15 is 0 Å². The lowest BCUT2D eigenvalue weighted by molar-refractivity contribution is 0.513. The van der Waals surface area contributed by atoms with Crippen molar-refractivity contribution in [3.63, 3.8) is 0 Å². The van der Waals surface area contributed by atoms with Crippen LogP contribution in [0.3, 0.4) is 0 Å². The summed E-state index contributed by atoms with van der Waals surface area (Å²) in [5, 5.41) is 7.71. The van der Waals surface area contributed by atoms with Crippen LogP contribution in [0.15, 0.2) is 4.42 Å². The second kappa shape index (κ2) is 2.53. The van der Waals surface area contributed by atoms with Crippen LogP contribution in [0.25, 0.3) is 0 Å². The summed E-state index contributed by atoms with van der Waals surface area (Å²) >= 11 is 0. The molecule has 1 aliphatic rings. The highest BCUT2D eigenvalue weighted by Crippen LogP contribution is 2.17. The molecule has 0 aromatic carbocycles. The van der Waals surface area contributed by atoms with E-state index in [2.05, 4.69) is 15.1 Å². The normalized spacial score (nSPS) is 17.7. The predicted octanol–water partition coefficient (Wildman–Crippen LogP) is 0.978. The molecule has 0 radical (unpaired) electrons. The van der Waals surface area contributed by atoms with E-state index < -0.39 is 0 Å². The van der Waals surface area contributed by atoms with Crippen LogP contribution in [0, 0.1) is 6.92 Å². The zero-order chi connectivity index (χ0) is 7.68. The fourth-order valence-electron chi connectivity index (χ4n) is 1.32. The molecule has 0 unspecified atom stereocenters. The van der Waals surface area contributed by atoms with Gasteiger partial charge in [-0.1, -0.05) is 5.10 Å². The minimum Gasteiger partial charge on any atom is -0.408 e. The van der Waals surface area contributed by atoms with Crippen LogP contribution in [-0.2, 0) is 0 Å². The maximum atomic E-state index is 5.27. The summed E-state index contributed by atoms with van der Waals surface area (Å²) in [5.41, 5.74) is 0. The van der Waals surface area contributed by atoms with E-state index in [-0.39, 0.29) is 0 Å². The highest BCUT2D eigenvalue weighted by molar-refractivity contribution is 5.25. The molecule has 1 saturated heterocycles. The molecule has 1 aromatic heterocycles. The standard InChI is InChI=1S/C7H11N3O/c1-6-8-9-7(11-6)10-4-2-3-5-10/h2-5H2,1H3. The molecular formula is C7H11N3O. The summed E-state index contributed by atoms with van der Waals surface area (Å²) in [6.45, 7) is 3.93. The van der Waals surface area contributed by atoms with Crippen LogP contribution in [0.5, 0.6) is 0 Å². The smallest absolute Gasteiger partial charge is 0.318 e. The van der Waals surface area contributed by atoms with Gasteiger partial charge in [-0.25, -0.2) is 0 Å². The summed E-state index contributed by atoms with van der Waals surface area (Å²) in [7, 11) is 0. The van der Waals surface area contributed by atoms with Gasteiger partial charge in [-0.3, -0.25) is 0 Å². The van der Waals surface area contributed by atoms with Gasteiger partial charge in [0, 0.05) is 20.0 Å². The summed E-state index contributed by atoms with van der Waals surface area (Å²) in [6.07, 6.45) is 2.48. The molecule has 1 aromatic rings. The minimum atomic E-state index is 0.645. The van der Waals surface area contributed by atoms with Crippen LogP contribution < -0.4 is 4.90 Å². The van der Waals surface area contributed by atoms with Crippen LogP contribution >= 0.6 is 0 Å². The van der Waals surface area contributed by atoms with Gasteiger partial charge in [0.1, 0.15) is 0 Å². The van der Waals surface area contributed by atoms with E-state index in [9.17, 15) is 0 Å². The Bertz CT molecular complexity index is 240. The van der Waals surface area contributed by atoms with Crippen molar-refractivity contribution in [1.82, 2.24) is 10.2 Å². The maximum absolute atomic E-state index is 5.27. The number of hydrogen-bond donors (Lipinski definition) is 0. The maximum Gasteiger partial charge on any atom is 0.318 e. The summed E-state index contributed by atoms with van der Waals surface area (Å²) in [6, 6.07) is 0.681. The number of aryl methyl sites for hydroxylation is 1. The molecule has 0 bridgehead atoms. The Kier molecular flexibility index (Phi) is 1.52. The monoisotopic (exact) mass is 153 g/mol. The molecule has 0 aliphatic carbocycles. The van der Waals surface area contributed by atoms with E-state index in [0.717, 1.165) is 13.1 Å². The van der Waals surface area contributed by atoms with Gasteiger partial charge in [0.05, 0.1) is 0 Å². The number of nitrogens with zero attached hydrogens (tertiary/aromatic N) is 3. The molecule has 0 saturated carbocycles. The lowest BCUT2D eigenvalue weighted by Gasteiger charge is -2.09. The molecule has 2 rings (SSSR count). The van der Waals surface area contributed by atoms with Gasteiger partial charge in [0.25, 0.3) is 0 Å². The first kappa shape index (κ1) is 6.64. The van der Waals surface area contributed by atoms with Crippen LogP contribution in [0.1, 0.15) is 18.7 Å². The van der Waals surface area contributed by atoms with E-state index in [0.29, 0.717) is 11.9 Å². The van der Waals surface area contributed by atoms with Gasteiger partial charge in [0.15, 0.2) is 0 Å². The molecule has 0 N–H and O–H groups in total. The average molecular weight is 153 g/mol. The van der Waals surface area contributed by atoms with Crippen molar-refractivity contribution in [2.75, 3.05) is 18.0 Å². The second-order valence-electron chi connectivity index (χ2n) is 2.80. The van der Waals surface area contributed by atoms with E-state index in [1.807, 2.05) is 6.92 Å². The minimum absolute atomic E-state index is 0.645. The highest BCUT2D eigenvalue weighted by Gasteiger charge is 2.16.